The van der Waals surface area contributed by atoms with Crippen molar-refractivity contribution in [2.75, 3.05) is 0 Å². The molecule has 28 heavy (non-hydrogen) atoms. The van der Waals surface area contributed by atoms with Crippen molar-refractivity contribution in [1.82, 2.24) is 0 Å². The van der Waals surface area contributed by atoms with Crippen molar-refractivity contribution in [3.8, 4) is 0 Å². The summed E-state index contributed by atoms with van der Waals surface area (Å²) in [5.41, 5.74) is -1.57. The van der Waals surface area contributed by atoms with E-state index < -0.39 is 16.4 Å². The standard InChI is InChI=1S/C24H36O4/c1-6-15(2)28-20(26)22(5)11-7-10-21(4)17(22)8-12-23-14-24(27,13-9-18(21)23)16(3)19(23)25/h15,17-18,27H,3,6-14H2,1-2,4-5H3/t15?,17-,18-,21+,22+,23+,24+/m0/s1. The largest absolute Gasteiger partial charge is 0.462 e. The van der Waals surface area contributed by atoms with Crippen LogP contribution in [0.5, 0.6) is 0 Å². The van der Waals surface area contributed by atoms with Gasteiger partial charge in [0.2, 0.25) is 0 Å². The molecular formula is C24H36O4. The maximum atomic E-state index is 13.3. The summed E-state index contributed by atoms with van der Waals surface area (Å²) >= 11 is 0. The lowest BCUT2D eigenvalue weighted by Gasteiger charge is -2.63. The van der Waals surface area contributed by atoms with Gasteiger partial charge >= 0.3 is 5.97 Å². The summed E-state index contributed by atoms with van der Waals surface area (Å²) in [5.74, 6) is 0.505. The van der Waals surface area contributed by atoms with E-state index in [1.807, 2.05) is 13.8 Å². The third kappa shape index (κ3) is 2.39. The molecule has 1 spiro atoms. The molecule has 4 nitrogen and oxygen atoms in total. The number of carbonyl (C=O) groups excluding carboxylic acids is 2. The molecule has 1 N–H and O–H groups in total. The van der Waals surface area contributed by atoms with E-state index in [-0.39, 0.29) is 35.1 Å². The zero-order valence-corrected chi connectivity index (χ0v) is 18.0. The number of carbonyl (C=O) groups is 2. The molecule has 4 aliphatic carbocycles. The van der Waals surface area contributed by atoms with Crippen LogP contribution in [0.2, 0.25) is 0 Å². The van der Waals surface area contributed by atoms with Crippen molar-refractivity contribution in [3.05, 3.63) is 12.2 Å². The first kappa shape index (κ1) is 20.1. The molecule has 4 rings (SSSR count). The number of hydrogen-bond donors (Lipinski definition) is 1. The van der Waals surface area contributed by atoms with Gasteiger partial charge in [0.05, 0.1) is 17.1 Å². The number of hydrogen-bond acceptors (Lipinski definition) is 4. The normalized spacial score (nSPS) is 48.6. The molecule has 7 atom stereocenters. The Balaban J connectivity index is 1.70. The fourth-order valence-corrected chi connectivity index (χ4v) is 7.76. The number of esters is 1. The minimum atomic E-state index is -0.996. The van der Waals surface area contributed by atoms with Crippen molar-refractivity contribution in [1.29, 1.82) is 0 Å². The lowest BCUT2D eigenvalue weighted by atomic mass is 9.40. The highest BCUT2D eigenvalue weighted by Gasteiger charge is 2.71. The Bertz CT molecular complexity index is 728. The molecule has 0 aromatic carbocycles. The minimum absolute atomic E-state index is 0.0526. The van der Waals surface area contributed by atoms with Crippen molar-refractivity contribution in [3.63, 3.8) is 0 Å². The van der Waals surface area contributed by atoms with Gasteiger partial charge in [-0.05, 0) is 82.5 Å². The van der Waals surface area contributed by atoms with Gasteiger partial charge in [0.25, 0.3) is 0 Å². The first-order valence-corrected chi connectivity index (χ1v) is 11.2. The van der Waals surface area contributed by atoms with E-state index in [1.54, 1.807) is 0 Å². The predicted octanol–water partition coefficient (Wildman–Crippen LogP) is 4.59. The topological polar surface area (TPSA) is 63.6 Å². The van der Waals surface area contributed by atoms with Gasteiger partial charge in [-0.25, -0.2) is 0 Å². The molecule has 4 saturated carbocycles. The quantitative estimate of drug-likeness (QED) is 0.567. The van der Waals surface area contributed by atoms with Crippen LogP contribution in [0.4, 0.5) is 0 Å². The Morgan fingerprint density at radius 3 is 2.57 bits per heavy atom. The van der Waals surface area contributed by atoms with Gasteiger partial charge in [-0.2, -0.15) is 0 Å². The minimum Gasteiger partial charge on any atom is -0.462 e. The van der Waals surface area contributed by atoms with Gasteiger partial charge in [-0.15, -0.1) is 0 Å². The van der Waals surface area contributed by atoms with E-state index in [0.717, 1.165) is 44.9 Å². The third-order valence-corrected chi connectivity index (χ3v) is 9.41. The van der Waals surface area contributed by atoms with Crippen LogP contribution in [-0.2, 0) is 14.3 Å². The lowest BCUT2D eigenvalue weighted by molar-refractivity contribution is -0.194. The van der Waals surface area contributed by atoms with Crippen LogP contribution in [0.15, 0.2) is 12.2 Å². The average Bonchev–Trinajstić information content (AvgIpc) is 2.78. The molecule has 0 heterocycles. The van der Waals surface area contributed by atoms with E-state index >= 15 is 0 Å². The zero-order chi connectivity index (χ0) is 20.5. The first-order valence-electron chi connectivity index (χ1n) is 11.2. The molecule has 0 aliphatic heterocycles. The summed E-state index contributed by atoms with van der Waals surface area (Å²) in [7, 11) is 0. The molecular weight excluding hydrogens is 352 g/mol. The Kier molecular flexibility index (Phi) is 4.43. The number of fused-ring (bicyclic) bond motifs is 3. The highest BCUT2D eigenvalue weighted by Crippen LogP contribution is 2.71. The molecule has 4 fully saturated rings. The Morgan fingerprint density at radius 1 is 1.21 bits per heavy atom. The summed E-state index contributed by atoms with van der Waals surface area (Å²) in [4.78, 5) is 26.5. The SMILES string of the molecule is C=C1C(=O)[C@@]23CC[C@H]4[C@@](C)(CCC[C@@]4(C)C(=O)OC(C)CC)[C@@H]2CC[C@@]1(O)C3. The maximum absolute atomic E-state index is 13.3. The predicted molar refractivity (Wildman–Crippen MR) is 108 cm³/mol. The molecule has 0 aromatic heterocycles. The fourth-order valence-electron chi connectivity index (χ4n) is 7.76. The van der Waals surface area contributed by atoms with E-state index in [2.05, 4.69) is 20.4 Å². The van der Waals surface area contributed by atoms with Crippen molar-refractivity contribution in [2.24, 2.45) is 28.1 Å². The molecule has 0 saturated heterocycles. The van der Waals surface area contributed by atoms with Crippen molar-refractivity contribution < 1.29 is 19.4 Å². The van der Waals surface area contributed by atoms with E-state index in [1.165, 1.54) is 0 Å². The molecule has 0 amide bonds. The van der Waals surface area contributed by atoms with Crippen LogP contribution in [0, 0.1) is 28.1 Å². The smallest absolute Gasteiger partial charge is 0.312 e. The second kappa shape index (κ2) is 6.17. The van der Waals surface area contributed by atoms with Crippen LogP contribution >= 0.6 is 0 Å². The molecule has 1 unspecified atom stereocenters. The van der Waals surface area contributed by atoms with Gasteiger partial charge in [0.15, 0.2) is 5.78 Å². The molecule has 4 aliphatic rings. The van der Waals surface area contributed by atoms with Gasteiger partial charge in [0, 0.05) is 11.0 Å². The van der Waals surface area contributed by atoms with E-state index in [4.69, 9.17) is 4.74 Å². The first-order chi connectivity index (χ1) is 13.0. The van der Waals surface area contributed by atoms with Crippen LogP contribution in [0.25, 0.3) is 0 Å². The van der Waals surface area contributed by atoms with Crippen LogP contribution in [-0.4, -0.2) is 28.6 Å². The Labute approximate surface area is 169 Å². The van der Waals surface area contributed by atoms with Gasteiger partial charge in [-0.1, -0.05) is 26.8 Å². The molecule has 156 valence electrons. The number of ether oxygens (including phenoxy) is 1. The fraction of sp³-hybridized carbons (Fsp3) is 0.833. The monoisotopic (exact) mass is 388 g/mol. The van der Waals surface area contributed by atoms with Crippen molar-refractivity contribution in [2.45, 2.75) is 97.2 Å². The second-order valence-electron chi connectivity index (χ2n) is 10.8. The molecule has 4 heteroatoms. The summed E-state index contributed by atoms with van der Waals surface area (Å²) < 4.78 is 5.83. The lowest BCUT2D eigenvalue weighted by Crippen LogP contribution is -2.60. The van der Waals surface area contributed by atoms with Gasteiger partial charge in [0.1, 0.15) is 0 Å². The number of ketones is 1. The van der Waals surface area contributed by atoms with Crippen LogP contribution in [0.1, 0.15) is 85.5 Å². The summed E-state index contributed by atoms with van der Waals surface area (Å²) in [5, 5.41) is 11.0. The Morgan fingerprint density at radius 2 is 1.89 bits per heavy atom. The number of aliphatic hydroxyl groups is 1. The van der Waals surface area contributed by atoms with E-state index in [9.17, 15) is 14.7 Å². The highest BCUT2D eigenvalue weighted by molar-refractivity contribution is 6.04. The van der Waals surface area contributed by atoms with Crippen LogP contribution < -0.4 is 0 Å². The van der Waals surface area contributed by atoms with Gasteiger partial charge < -0.3 is 9.84 Å². The maximum Gasteiger partial charge on any atom is 0.312 e. The second-order valence-corrected chi connectivity index (χ2v) is 10.8. The summed E-state index contributed by atoms with van der Waals surface area (Å²) in [6, 6.07) is 0. The number of Topliss-reactive ketones (excluding diaryl/α,β-unsaturated/α-hetero) is 1. The summed E-state index contributed by atoms with van der Waals surface area (Å²) in [6.07, 6.45) is 7.32. The highest BCUT2D eigenvalue weighted by atomic mass is 16.5. The molecule has 0 radical (unpaired) electrons. The van der Waals surface area contributed by atoms with Crippen LogP contribution in [0.3, 0.4) is 0 Å². The molecule has 0 aromatic rings. The van der Waals surface area contributed by atoms with Gasteiger partial charge in [-0.3, -0.25) is 9.59 Å². The Hall–Kier alpha value is -1.16. The third-order valence-electron chi connectivity index (χ3n) is 9.41. The average molecular weight is 389 g/mol. The summed E-state index contributed by atoms with van der Waals surface area (Å²) in [6.45, 7) is 12.4. The van der Waals surface area contributed by atoms with Crippen molar-refractivity contribution >= 4 is 11.8 Å². The zero-order valence-electron chi connectivity index (χ0n) is 18.0. The molecule has 2 bridgehead atoms. The van der Waals surface area contributed by atoms with E-state index in [0.29, 0.717) is 18.4 Å². The number of rotatable bonds is 3.